The summed E-state index contributed by atoms with van der Waals surface area (Å²) in [5, 5.41) is 0. The van der Waals surface area contributed by atoms with E-state index >= 15 is 0 Å². The topological polar surface area (TPSA) is 146 Å². The molecule has 1 aromatic rings. The third-order valence-corrected chi connectivity index (χ3v) is 4.56. The Hall–Kier alpha value is -2.88. The Morgan fingerprint density at radius 1 is 1.10 bits per heavy atom. The Kier molecular flexibility index (Phi) is 6.04. The molecule has 0 fully saturated rings. The molecular weight excluding hydrogens is 408 g/mol. The maximum Gasteiger partial charge on any atom is 0.329 e. The van der Waals surface area contributed by atoms with Gasteiger partial charge >= 0.3 is 22.0 Å². The highest BCUT2D eigenvalue weighted by Crippen LogP contribution is 2.41. The number of nitrogens with two attached hydrogens (primary N) is 2. The van der Waals surface area contributed by atoms with Crippen LogP contribution in [0.15, 0.2) is 27.9 Å². The Balaban J connectivity index is 2.69. The van der Waals surface area contributed by atoms with Gasteiger partial charge in [-0.3, -0.25) is 4.79 Å². The summed E-state index contributed by atoms with van der Waals surface area (Å²) in [6.45, 7) is 11.7. The van der Waals surface area contributed by atoms with E-state index in [4.69, 9.17) is 20.4 Å². The molecule has 0 saturated carbocycles. The van der Waals surface area contributed by atoms with Crippen LogP contribution in [0.2, 0.25) is 0 Å². The van der Waals surface area contributed by atoms with Crippen LogP contribution in [0.25, 0.3) is 6.08 Å². The fraction of sp³-hybridized carbons (Fsp3) is 0.450. The van der Waals surface area contributed by atoms with E-state index in [1.807, 2.05) is 41.5 Å². The lowest BCUT2D eigenvalue weighted by Crippen LogP contribution is -2.24. The molecule has 0 atom stereocenters. The van der Waals surface area contributed by atoms with E-state index in [0.29, 0.717) is 16.7 Å². The minimum atomic E-state index is -3.76. The van der Waals surface area contributed by atoms with Crippen molar-refractivity contribution in [2.24, 2.45) is 21.5 Å². The van der Waals surface area contributed by atoms with Gasteiger partial charge in [0.2, 0.25) is 0 Å². The van der Waals surface area contributed by atoms with Gasteiger partial charge in [0.15, 0.2) is 11.7 Å². The van der Waals surface area contributed by atoms with E-state index in [1.165, 1.54) is 6.08 Å². The number of hydrogen-bond donors (Lipinski definition) is 2. The molecule has 1 aliphatic heterocycles. The molecule has 10 heteroatoms. The average Bonchev–Trinajstić information content (AvgIpc) is 2.83. The highest BCUT2D eigenvalue weighted by molar-refractivity contribution is 7.86. The molecule has 0 aliphatic carbocycles. The quantitative estimate of drug-likeness (QED) is 0.319. The van der Waals surface area contributed by atoms with E-state index < -0.39 is 26.9 Å². The predicted octanol–water partition coefficient (Wildman–Crippen LogP) is 2.15. The first-order valence-corrected chi connectivity index (χ1v) is 11.0. The van der Waals surface area contributed by atoms with Crippen molar-refractivity contribution >= 4 is 34.1 Å². The zero-order valence-electron chi connectivity index (χ0n) is 18.2. The number of aliphatic imine (C=N–C) groups is 2. The van der Waals surface area contributed by atoms with Crippen LogP contribution < -0.4 is 15.7 Å². The molecule has 2 rings (SSSR count). The second-order valence-corrected chi connectivity index (χ2v) is 10.7. The molecule has 0 aromatic heterocycles. The predicted molar refractivity (Wildman–Crippen MR) is 117 cm³/mol. The Labute approximate surface area is 177 Å². The van der Waals surface area contributed by atoms with Crippen LogP contribution in [0.1, 0.15) is 58.2 Å². The van der Waals surface area contributed by atoms with E-state index in [-0.39, 0.29) is 23.5 Å². The molecule has 4 N–H and O–H groups in total. The van der Waals surface area contributed by atoms with Gasteiger partial charge in [0.05, 0.1) is 6.26 Å². The van der Waals surface area contributed by atoms with Gasteiger partial charge in [-0.15, -0.1) is 0 Å². The molecular formula is C20H28N4O5S. The van der Waals surface area contributed by atoms with Crippen LogP contribution in [0.4, 0.5) is 0 Å². The molecule has 1 heterocycles. The lowest BCUT2D eigenvalue weighted by atomic mass is 9.78. The fourth-order valence-electron chi connectivity index (χ4n) is 2.80. The van der Waals surface area contributed by atoms with Crippen LogP contribution in [0, 0.1) is 0 Å². The first-order valence-electron chi connectivity index (χ1n) is 9.18. The van der Waals surface area contributed by atoms with E-state index in [1.54, 1.807) is 12.1 Å². The Bertz CT molecular complexity index is 1030. The number of ether oxygens (including phenoxy) is 1. The highest BCUT2D eigenvalue weighted by Gasteiger charge is 2.30. The largest absolute Gasteiger partial charge is 0.418 e. The van der Waals surface area contributed by atoms with Gasteiger partial charge in [0.1, 0.15) is 5.75 Å². The van der Waals surface area contributed by atoms with E-state index in [2.05, 4.69) is 9.98 Å². The third kappa shape index (κ3) is 5.82. The molecule has 1 aromatic carbocycles. The van der Waals surface area contributed by atoms with Crippen molar-refractivity contribution in [3.63, 3.8) is 0 Å². The average molecular weight is 437 g/mol. The van der Waals surface area contributed by atoms with Crippen LogP contribution in [0.5, 0.6) is 5.75 Å². The van der Waals surface area contributed by atoms with Gasteiger partial charge in [-0.1, -0.05) is 41.5 Å². The molecule has 0 radical (unpaired) electrons. The van der Waals surface area contributed by atoms with Crippen molar-refractivity contribution in [3.05, 3.63) is 34.6 Å². The van der Waals surface area contributed by atoms with Crippen LogP contribution >= 0.6 is 0 Å². The number of hydrogen-bond acceptors (Lipinski definition) is 6. The number of amidine groups is 1. The molecule has 0 bridgehead atoms. The highest BCUT2D eigenvalue weighted by atomic mass is 32.2. The van der Waals surface area contributed by atoms with Crippen molar-refractivity contribution in [2.45, 2.75) is 52.4 Å². The number of guanidine groups is 1. The lowest BCUT2D eigenvalue weighted by molar-refractivity contribution is -0.115. The molecule has 1 amide bonds. The minimum Gasteiger partial charge on any atom is -0.418 e. The van der Waals surface area contributed by atoms with Crippen molar-refractivity contribution in [2.75, 3.05) is 6.26 Å². The summed E-state index contributed by atoms with van der Waals surface area (Å²) in [7, 11) is -3.76. The summed E-state index contributed by atoms with van der Waals surface area (Å²) >= 11 is 0. The Morgan fingerprint density at radius 2 is 1.60 bits per heavy atom. The van der Waals surface area contributed by atoms with E-state index in [0.717, 1.165) is 6.26 Å². The Morgan fingerprint density at radius 3 is 2.00 bits per heavy atom. The molecule has 164 valence electrons. The van der Waals surface area contributed by atoms with Gasteiger partial charge < -0.3 is 20.4 Å². The van der Waals surface area contributed by atoms with Crippen molar-refractivity contribution < 1.29 is 22.1 Å². The first-order chi connectivity index (χ1) is 13.5. The van der Waals surface area contributed by atoms with Gasteiger partial charge in [-0.2, -0.15) is 18.4 Å². The van der Waals surface area contributed by atoms with Gasteiger partial charge in [-0.05, 0) is 34.6 Å². The molecule has 0 spiro atoms. The van der Waals surface area contributed by atoms with Gasteiger partial charge in [0, 0.05) is 11.1 Å². The van der Waals surface area contributed by atoms with Crippen LogP contribution in [-0.2, 0) is 30.5 Å². The van der Waals surface area contributed by atoms with Gasteiger partial charge in [-0.25, -0.2) is 0 Å². The molecule has 1 aliphatic rings. The van der Waals surface area contributed by atoms with Gasteiger partial charge in [0.25, 0.3) is 0 Å². The number of rotatable bonds is 3. The summed E-state index contributed by atoms with van der Waals surface area (Å²) in [5.74, 6) is -0.668. The van der Waals surface area contributed by atoms with Crippen molar-refractivity contribution in [3.8, 4) is 5.75 Å². The number of carbonyl (C=O) groups is 1. The smallest absolute Gasteiger partial charge is 0.329 e. The molecule has 0 unspecified atom stereocenters. The normalized spacial score (nSPS) is 16.3. The minimum absolute atomic E-state index is 0.0495. The number of nitrogens with zero attached hydrogens (tertiary/aromatic N) is 2. The lowest BCUT2D eigenvalue weighted by Gasteiger charge is -2.29. The summed E-state index contributed by atoms with van der Waals surface area (Å²) in [6, 6.07) is 3.28. The summed E-state index contributed by atoms with van der Waals surface area (Å²) in [4.78, 5) is 19.4. The molecule has 9 nitrogen and oxygen atoms in total. The van der Waals surface area contributed by atoms with Crippen LogP contribution in [-0.4, -0.2) is 32.6 Å². The number of benzene rings is 1. The molecule has 0 saturated heterocycles. The zero-order valence-corrected chi connectivity index (χ0v) is 19.0. The molecule has 30 heavy (non-hydrogen) atoms. The number of carbonyl (C=O) groups excluding carboxylic acids is 1. The zero-order chi connectivity index (χ0) is 23.1. The summed E-state index contributed by atoms with van der Waals surface area (Å²) in [6.07, 6.45) is 2.52. The van der Waals surface area contributed by atoms with Crippen molar-refractivity contribution in [1.29, 1.82) is 0 Å². The second-order valence-electron chi connectivity index (χ2n) is 9.08. The number of amides is 1. The summed E-state index contributed by atoms with van der Waals surface area (Å²) in [5.41, 5.74) is 11.6. The maximum atomic E-state index is 12.2. The maximum absolute atomic E-state index is 12.2. The SMILES string of the molecule is CC(C)(C)c1cc(C=C2OC(N=C(N)N)=NC2=O)cc(C(C)(C)C)c1OS(C)(=O)=O. The third-order valence-electron chi connectivity index (χ3n) is 4.09. The monoisotopic (exact) mass is 436 g/mol. The second kappa shape index (κ2) is 7.75. The van der Waals surface area contributed by atoms with Crippen LogP contribution in [0.3, 0.4) is 0 Å². The first kappa shape index (κ1) is 23.4. The van der Waals surface area contributed by atoms with Crippen molar-refractivity contribution in [1.82, 2.24) is 0 Å². The van der Waals surface area contributed by atoms with E-state index in [9.17, 15) is 13.2 Å². The summed E-state index contributed by atoms with van der Waals surface area (Å²) < 4.78 is 34.6. The fourth-order valence-corrected chi connectivity index (χ4v) is 3.28. The standard InChI is InChI=1S/C20H28N4O5S/c1-19(2,3)12-8-11(10-14-16(25)23-18(28-14)24-17(21)22)9-13(20(4,5)6)15(12)29-30(7,26)27/h8-10H,1-7H3,(H4,21,22,23,24,25).